The minimum Gasteiger partial charge on any atom is -0.368 e. The molecule has 1 aliphatic heterocycles. The fourth-order valence-electron chi connectivity index (χ4n) is 2.89. The number of nitrogens with one attached hydrogen (secondary N) is 2. The van der Waals surface area contributed by atoms with Crippen LogP contribution >= 0.6 is 11.3 Å². The van der Waals surface area contributed by atoms with Crippen LogP contribution in [0.2, 0.25) is 0 Å². The van der Waals surface area contributed by atoms with Crippen molar-refractivity contribution in [2.75, 3.05) is 36.4 Å². The molecule has 1 fully saturated rings. The SMILES string of the molecule is Cc1nc(NCCNC(=O)c2scnc2C)cc(N2CCCCC2)n1. The lowest BCUT2D eigenvalue weighted by Crippen LogP contribution is -2.31. The molecule has 2 N–H and O–H groups in total. The highest BCUT2D eigenvalue weighted by Gasteiger charge is 2.14. The van der Waals surface area contributed by atoms with Gasteiger partial charge in [0.2, 0.25) is 0 Å². The monoisotopic (exact) mass is 360 g/mol. The zero-order valence-corrected chi connectivity index (χ0v) is 15.5. The van der Waals surface area contributed by atoms with E-state index >= 15 is 0 Å². The molecule has 2 aromatic heterocycles. The van der Waals surface area contributed by atoms with Crippen molar-refractivity contribution < 1.29 is 4.79 Å². The highest BCUT2D eigenvalue weighted by molar-refractivity contribution is 7.11. The molecule has 0 unspecified atom stereocenters. The summed E-state index contributed by atoms with van der Waals surface area (Å²) in [6, 6.07) is 1.99. The number of piperidine rings is 1. The van der Waals surface area contributed by atoms with Gasteiger partial charge in [-0.2, -0.15) is 0 Å². The van der Waals surface area contributed by atoms with Crippen LogP contribution in [0.15, 0.2) is 11.6 Å². The average Bonchev–Trinajstić information content (AvgIpc) is 3.05. The first-order chi connectivity index (χ1) is 12.1. The smallest absolute Gasteiger partial charge is 0.263 e. The molecule has 0 aliphatic carbocycles. The maximum Gasteiger partial charge on any atom is 0.263 e. The van der Waals surface area contributed by atoms with Gasteiger partial charge in [0.1, 0.15) is 22.3 Å². The molecule has 1 saturated heterocycles. The maximum atomic E-state index is 12.1. The van der Waals surface area contributed by atoms with Crippen molar-refractivity contribution in [3.63, 3.8) is 0 Å². The quantitative estimate of drug-likeness (QED) is 0.770. The number of rotatable bonds is 6. The van der Waals surface area contributed by atoms with E-state index in [0.717, 1.165) is 36.2 Å². The zero-order valence-electron chi connectivity index (χ0n) is 14.7. The predicted molar refractivity (Wildman–Crippen MR) is 101 cm³/mol. The topological polar surface area (TPSA) is 83.0 Å². The van der Waals surface area contributed by atoms with E-state index in [4.69, 9.17) is 0 Å². The van der Waals surface area contributed by atoms with E-state index in [0.29, 0.717) is 18.0 Å². The van der Waals surface area contributed by atoms with Gasteiger partial charge < -0.3 is 15.5 Å². The number of anilines is 2. The molecule has 0 radical (unpaired) electrons. The van der Waals surface area contributed by atoms with Gasteiger partial charge in [0.15, 0.2) is 0 Å². The van der Waals surface area contributed by atoms with Crippen LogP contribution in [0.25, 0.3) is 0 Å². The van der Waals surface area contributed by atoms with Crippen molar-refractivity contribution in [1.29, 1.82) is 0 Å². The number of aromatic nitrogens is 3. The maximum absolute atomic E-state index is 12.1. The molecule has 0 spiro atoms. The Labute approximate surface area is 151 Å². The molecule has 134 valence electrons. The Hall–Kier alpha value is -2.22. The number of aryl methyl sites for hydroxylation is 2. The molecular weight excluding hydrogens is 336 g/mol. The van der Waals surface area contributed by atoms with Crippen LogP contribution in [0.5, 0.6) is 0 Å². The van der Waals surface area contributed by atoms with E-state index in [1.54, 1.807) is 5.51 Å². The van der Waals surface area contributed by atoms with Crippen LogP contribution in [-0.2, 0) is 0 Å². The van der Waals surface area contributed by atoms with E-state index in [1.165, 1.54) is 30.6 Å². The largest absolute Gasteiger partial charge is 0.368 e. The first-order valence-electron chi connectivity index (χ1n) is 8.66. The predicted octanol–water partition coefficient (Wildman–Crippen LogP) is 2.38. The fourth-order valence-corrected chi connectivity index (χ4v) is 3.61. The number of nitrogens with zero attached hydrogens (tertiary/aromatic N) is 4. The highest BCUT2D eigenvalue weighted by atomic mass is 32.1. The Morgan fingerprint density at radius 3 is 2.72 bits per heavy atom. The lowest BCUT2D eigenvalue weighted by atomic mass is 10.1. The fraction of sp³-hybridized carbons (Fsp3) is 0.529. The van der Waals surface area contributed by atoms with Crippen molar-refractivity contribution >= 4 is 28.9 Å². The van der Waals surface area contributed by atoms with Gasteiger partial charge in [-0.25, -0.2) is 15.0 Å². The van der Waals surface area contributed by atoms with Gasteiger partial charge in [0.25, 0.3) is 5.91 Å². The summed E-state index contributed by atoms with van der Waals surface area (Å²) >= 11 is 1.36. The molecule has 0 aromatic carbocycles. The highest BCUT2D eigenvalue weighted by Crippen LogP contribution is 2.20. The minimum atomic E-state index is -0.0744. The summed E-state index contributed by atoms with van der Waals surface area (Å²) in [4.78, 5) is 28.1. The molecule has 7 nitrogen and oxygen atoms in total. The molecule has 3 rings (SSSR count). The van der Waals surface area contributed by atoms with Crippen molar-refractivity contribution in [2.45, 2.75) is 33.1 Å². The summed E-state index contributed by atoms with van der Waals surface area (Å²) in [5.41, 5.74) is 2.46. The molecule has 3 heterocycles. The summed E-state index contributed by atoms with van der Waals surface area (Å²) in [7, 11) is 0. The molecule has 2 aromatic rings. The van der Waals surface area contributed by atoms with Gasteiger partial charge in [0, 0.05) is 32.2 Å². The van der Waals surface area contributed by atoms with Gasteiger partial charge in [-0.1, -0.05) is 0 Å². The standard InChI is InChI=1S/C17H24N6OS/c1-12-16(25-11-20-12)17(24)19-7-6-18-14-10-15(22-13(2)21-14)23-8-4-3-5-9-23/h10-11H,3-9H2,1-2H3,(H,19,24)(H,18,21,22). The Bertz CT molecular complexity index is 726. The first-order valence-corrected chi connectivity index (χ1v) is 9.54. The number of hydrogen-bond donors (Lipinski definition) is 2. The van der Waals surface area contributed by atoms with E-state index < -0.39 is 0 Å². The number of carbonyl (C=O) groups excluding carboxylic acids is 1. The van der Waals surface area contributed by atoms with Gasteiger partial charge in [0.05, 0.1) is 11.2 Å². The van der Waals surface area contributed by atoms with Crippen LogP contribution in [0.1, 0.15) is 40.5 Å². The van der Waals surface area contributed by atoms with Crippen LogP contribution in [0.4, 0.5) is 11.6 Å². The third kappa shape index (κ3) is 4.66. The van der Waals surface area contributed by atoms with Gasteiger partial charge >= 0.3 is 0 Å². The number of carbonyl (C=O) groups is 1. The summed E-state index contributed by atoms with van der Waals surface area (Å²) in [5.74, 6) is 2.47. The van der Waals surface area contributed by atoms with Crippen LogP contribution < -0.4 is 15.5 Å². The number of thiazole rings is 1. The second kappa shape index (κ2) is 8.24. The lowest BCUT2D eigenvalue weighted by molar-refractivity contribution is 0.0958. The second-order valence-electron chi connectivity index (χ2n) is 6.16. The molecule has 8 heteroatoms. The number of hydrogen-bond acceptors (Lipinski definition) is 7. The molecular formula is C17H24N6OS. The molecule has 1 aliphatic rings. The van der Waals surface area contributed by atoms with Crippen molar-refractivity contribution in [2.24, 2.45) is 0 Å². The van der Waals surface area contributed by atoms with E-state index in [2.05, 4.69) is 30.5 Å². The van der Waals surface area contributed by atoms with Crippen molar-refractivity contribution in [1.82, 2.24) is 20.3 Å². The molecule has 0 saturated carbocycles. The Kier molecular flexibility index (Phi) is 5.80. The molecule has 25 heavy (non-hydrogen) atoms. The third-order valence-electron chi connectivity index (χ3n) is 4.17. The van der Waals surface area contributed by atoms with E-state index in [9.17, 15) is 4.79 Å². The van der Waals surface area contributed by atoms with E-state index in [1.807, 2.05) is 19.9 Å². The molecule has 0 bridgehead atoms. The van der Waals surface area contributed by atoms with Crippen LogP contribution in [0, 0.1) is 13.8 Å². The Balaban J connectivity index is 1.52. The van der Waals surface area contributed by atoms with Crippen LogP contribution in [-0.4, -0.2) is 47.0 Å². The summed E-state index contributed by atoms with van der Waals surface area (Å²) in [6.07, 6.45) is 3.73. The molecule has 1 amide bonds. The second-order valence-corrected chi connectivity index (χ2v) is 7.01. The third-order valence-corrected chi connectivity index (χ3v) is 5.10. The Morgan fingerprint density at radius 2 is 2.00 bits per heavy atom. The number of amides is 1. The van der Waals surface area contributed by atoms with Crippen molar-refractivity contribution in [3.05, 3.63) is 28.0 Å². The lowest BCUT2D eigenvalue weighted by Gasteiger charge is -2.28. The molecule has 0 atom stereocenters. The summed E-state index contributed by atoms with van der Waals surface area (Å²) in [5, 5.41) is 6.18. The van der Waals surface area contributed by atoms with Crippen molar-refractivity contribution in [3.8, 4) is 0 Å². The van der Waals surface area contributed by atoms with Gasteiger partial charge in [-0.15, -0.1) is 11.3 Å². The minimum absolute atomic E-state index is 0.0744. The van der Waals surface area contributed by atoms with Crippen LogP contribution in [0.3, 0.4) is 0 Å². The summed E-state index contributed by atoms with van der Waals surface area (Å²) < 4.78 is 0. The summed E-state index contributed by atoms with van der Waals surface area (Å²) in [6.45, 7) is 7.00. The van der Waals surface area contributed by atoms with Gasteiger partial charge in [-0.3, -0.25) is 4.79 Å². The zero-order chi connectivity index (χ0) is 17.6. The Morgan fingerprint density at radius 1 is 1.20 bits per heavy atom. The average molecular weight is 360 g/mol. The van der Waals surface area contributed by atoms with E-state index in [-0.39, 0.29) is 5.91 Å². The first kappa shape index (κ1) is 17.6. The van der Waals surface area contributed by atoms with Gasteiger partial charge in [-0.05, 0) is 33.1 Å². The normalized spacial score (nSPS) is 14.4.